The second kappa shape index (κ2) is 18.4. The van der Waals surface area contributed by atoms with Crippen molar-refractivity contribution in [2.75, 3.05) is 0 Å². The maximum Gasteiger partial charge on any atom is 0.142 e. The normalized spacial score (nSPS) is 8.60. The van der Waals surface area contributed by atoms with Crippen molar-refractivity contribution in [1.82, 2.24) is 0 Å². The van der Waals surface area contributed by atoms with Crippen LogP contribution < -0.4 is 0 Å². The van der Waals surface area contributed by atoms with Crippen LogP contribution in [0, 0.1) is 0 Å². The molecule has 0 N–H and O–H groups in total. The third-order valence-electron chi connectivity index (χ3n) is 1.44. The largest absolute Gasteiger partial charge is 0.299 e. The Bertz CT molecular complexity index is 193. The molecule has 0 atom stereocenters. The summed E-state index contributed by atoms with van der Waals surface area (Å²) in [7, 11) is 0. The zero-order valence-electron chi connectivity index (χ0n) is 10.4. The molecule has 0 spiro atoms. The number of allylic oxidation sites excluding steroid dienone is 4. The van der Waals surface area contributed by atoms with Crippen LogP contribution in [0.1, 0.15) is 33.6 Å². The van der Waals surface area contributed by atoms with Crippen molar-refractivity contribution in [3.05, 3.63) is 49.6 Å². The Balaban J connectivity index is -0.000000318. The lowest BCUT2D eigenvalue weighted by atomic mass is 10.1. The molecule has 0 aromatic carbocycles. The summed E-state index contributed by atoms with van der Waals surface area (Å²) >= 11 is 0. The number of carbonyl (C=O) groups excluding carboxylic acids is 1. The predicted octanol–water partition coefficient (Wildman–Crippen LogP) is 4.48. The van der Waals surface area contributed by atoms with Crippen LogP contribution in [0.5, 0.6) is 0 Å². The van der Waals surface area contributed by atoms with Crippen LogP contribution in [-0.4, -0.2) is 6.29 Å². The molecule has 0 radical (unpaired) electrons. The molecule has 0 fully saturated rings. The molecule has 0 aromatic rings. The van der Waals surface area contributed by atoms with E-state index in [1.54, 1.807) is 6.08 Å². The highest BCUT2D eigenvalue weighted by atomic mass is 16.1. The smallest absolute Gasteiger partial charge is 0.142 e. The van der Waals surface area contributed by atoms with Crippen molar-refractivity contribution >= 4 is 6.29 Å². The summed E-state index contributed by atoms with van der Waals surface area (Å²) < 4.78 is 0. The van der Waals surface area contributed by atoms with E-state index in [-0.39, 0.29) is 0 Å². The Morgan fingerprint density at radius 3 is 1.87 bits per heavy atom. The Morgan fingerprint density at radius 1 is 1.07 bits per heavy atom. The van der Waals surface area contributed by atoms with E-state index >= 15 is 0 Å². The number of rotatable bonds is 4. The molecule has 0 aliphatic rings. The first-order valence-corrected chi connectivity index (χ1v) is 4.91. The van der Waals surface area contributed by atoms with E-state index in [0.717, 1.165) is 24.7 Å². The van der Waals surface area contributed by atoms with Gasteiger partial charge in [-0.25, -0.2) is 0 Å². The SMILES string of the molecule is C=C.C=C.CC(C)=CCC/C(C)=C/C=O. The summed E-state index contributed by atoms with van der Waals surface area (Å²) in [6.07, 6.45) is 6.68. The Labute approximate surface area is 94.9 Å². The van der Waals surface area contributed by atoms with Gasteiger partial charge in [-0.3, -0.25) is 4.79 Å². The van der Waals surface area contributed by atoms with Crippen LogP contribution in [-0.2, 0) is 4.79 Å². The van der Waals surface area contributed by atoms with Crippen LogP contribution in [0.3, 0.4) is 0 Å². The molecule has 0 aliphatic carbocycles. The third kappa shape index (κ3) is 24.5. The molecule has 0 bridgehead atoms. The number of carbonyl (C=O) groups is 1. The topological polar surface area (TPSA) is 17.1 Å². The molecule has 0 amide bonds. The fraction of sp³-hybridized carbons (Fsp3) is 0.357. The van der Waals surface area contributed by atoms with Gasteiger partial charge in [0.2, 0.25) is 0 Å². The average molecular weight is 208 g/mol. The lowest BCUT2D eigenvalue weighted by Crippen LogP contribution is -1.77. The minimum Gasteiger partial charge on any atom is -0.299 e. The Morgan fingerprint density at radius 2 is 1.53 bits per heavy atom. The fourth-order valence-corrected chi connectivity index (χ4v) is 0.788. The molecule has 0 unspecified atom stereocenters. The van der Waals surface area contributed by atoms with Crippen molar-refractivity contribution in [2.45, 2.75) is 33.6 Å². The van der Waals surface area contributed by atoms with Gasteiger partial charge in [-0.05, 0) is 39.7 Å². The molecular formula is C14H24O. The molecule has 0 aromatic heterocycles. The van der Waals surface area contributed by atoms with Gasteiger partial charge in [0.05, 0.1) is 0 Å². The first-order chi connectivity index (χ1) is 7.16. The van der Waals surface area contributed by atoms with E-state index in [1.165, 1.54) is 5.57 Å². The van der Waals surface area contributed by atoms with Gasteiger partial charge in [0, 0.05) is 0 Å². The third-order valence-corrected chi connectivity index (χ3v) is 1.44. The van der Waals surface area contributed by atoms with Crippen molar-refractivity contribution in [3.8, 4) is 0 Å². The molecule has 1 nitrogen and oxygen atoms in total. The van der Waals surface area contributed by atoms with Gasteiger partial charge in [0.25, 0.3) is 0 Å². The van der Waals surface area contributed by atoms with Crippen LogP contribution in [0.25, 0.3) is 0 Å². The van der Waals surface area contributed by atoms with Gasteiger partial charge in [0.1, 0.15) is 6.29 Å². The molecule has 15 heavy (non-hydrogen) atoms. The molecule has 1 heteroatoms. The van der Waals surface area contributed by atoms with E-state index in [1.807, 2.05) is 6.92 Å². The lowest BCUT2D eigenvalue weighted by molar-refractivity contribution is -0.104. The number of aldehydes is 1. The van der Waals surface area contributed by atoms with Gasteiger partial charge in [-0.15, -0.1) is 26.3 Å². The highest BCUT2D eigenvalue weighted by Crippen LogP contribution is 2.05. The minimum absolute atomic E-state index is 0.845. The van der Waals surface area contributed by atoms with Gasteiger partial charge in [-0.1, -0.05) is 17.2 Å². The summed E-state index contributed by atoms with van der Waals surface area (Å²) in [6, 6.07) is 0. The molecule has 86 valence electrons. The van der Waals surface area contributed by atoms with Crippen LogP contribution in [0.15, 0.2) is 49.6 Å². The fourth-order valence-electron chi connectivity index (χ4n) is 0.788. The molecule has 0 heterocycles. The van der Waals surface area contributed by atoms with Crippen LogP contribution >= 0.6 is 0 Å². The second-order valence-electron chi connectivity index (χ2n) is 2.97. The summed E-state index contributed by atoms with van der Waals surface area (Å²) in [6.45, 7) is 18.1. The minimum atomic E-state index is 0.845. The van der Waals surface area contributed by atoms with Crippen molar-refractivity contribution in [1.29, 1.82) is 0 Å². The molecule has 0 saturated heterocycles. The summed E-state index contributed by atoms with van der Waals surface area (Å²) in [5.41, 5.74) is 2.49. The number of hydrogen-bond donors (Lipinski definition) is 0. The average Bonchev–Trinajstić information content (AvgIpc) is 2.23. The standard InChI is InChI=1S/C10H16O.2C2H4/c1-9(2)5-4-6-10(3)7-8-11;2*1-2/h5,7-8H,4,6H2,1-3H3;2*1-2H2/b10-7+;;. The van der Waals surface area contributed by atoms with Crippen molar-refractivity contribution in [3.63, 3.8) is 0 Å². The Kier molecular flexibility index (Phi) is 23.6. The van der Waals surface area contributed by atoms with E-state index < -0.39 is 0 Å². The van der Waals surface area contributed by atoms with Gasteiger partial charge >= 0.3 is 0 Å². The van der Waals surface area contributed by atoms with Gasteiger partial charge in [-0.2, -0.15) is 0 Å². The van der Waals surface area contributed by atoms with Crippen LogP contribution in [0.4, 0.5) is 0 Å². The van der Waals surface area contributed by atoms with Crippen molar-refractivity contribution in [2.24, 2.45) is 0 Å². The van der Waals surface area contributed by atoms with E-state index in [0.29, 0.717) is 0 Å². The zero-order valence-corrected chi connectivity index (χ0v) is 10.4. The summed E-state index contributed by atoms with van der Waals surface area (Å²) in [5.74, 6) is 0. The first kappa shape index (κ1) is 19.2. The molecule has 0 rings (SSSR count). The summed E-state index contributed by atoms with van der Waals surface area (Å²) in [5, 5.41) is 0. The van der Waals surface area contributed by atoms with Gasteiger partial charge < -0.3 is 0 Å². The predicted molar refractivity (Wildman–Crippen MR) is 71.0 cm³/mol. The first-order valence-electron chi connectivity index (χ1n) is 4.91. The summed E-state index contributed by atoms with van der Waals surface area (Å²) in [4.78, 5) is 10.0. The lowest BCUT2D eigenvalue weighted by Gasteiger charge is -1.94. The van der Waals surface area contributed by atoms with E-state index in [4.69, 9.17) is 0 Å². The Hall–Kier alpha value is -1.37. The molecule has 0 saturated carbocycles. The van der Waals surface area contributed by atoms with E-state index in [9.17, 15) is 4.79 Å². The van der Waals surface area contributed by atoms with Crippen LogP contribution in [0.2, 0.25) is 0 Å². The second-order valence-corrected chi connectivity index (χ2v) is 2.97. The van der Waals surface area contributed by atoms with E-state index in [2.05, 4.69) is 46.2 Å². The van der Waals surface area contributed by atoms with Gasteiger partial charge in [0.15, 0.2) is 0 Å². The number of hydrogen-bond acceptors (Lipinski definition) is 1. The highest BCUT2D eigenvalue weighted by molar-refractivity contribution is 5.65. The maximum absolute atomic E-state index is 10.0. The monoisotopic (exact) mass is 208 g/mol. The molecule has 0 aliphatic heterocycles. The highest BCUT2D eigenvalue weighted by Gasteiger charge is 1.86. The maximum atomic E-state index is 10.0. The zero-order chi connectivity index (χ0) is 12.7. The quantitative estimate of drug-likeness (QED) is 0.378. The molecular weight excluding hydrogens is 184 g/mol. The van der Waals surface area contributed by atoms with Crippen molar-refractivity contribution < 1.29 is 4.79 Å².